The van der Waals surface area contributed by atoms with E-state index in [1.54, 1.807) is 42.5 Å². The molecule has 202 valence electrons. The summed E-state index contributed by atoms with van der Waals surface area (Å²) in [5.74, 6) is -0.272. The highest BCUT2D eigenvalue weighted by molar-refractivity contribution is 7.92. The van der Waals surface area contributed by atoms with Crippen molar-refractivity contribution in [3.05, 3.63) is 59.1 Å². The molecule has 1 saturated carbocycles. The van der Waals surface area contributed by atoms with E-state index < -0.39 is 28.5 Å². The minimum absolute atomic E-state index is 0.0742. The molecule has 2 amide bonds. The zero-order valence-electron chi connectivity index (χ0n) is 21.7. The summed E-state index contributed by atoms with van der Waals surface area (Å²) in [7, 11) is -2.34. The Kier molecular flexibility index (Phi) is 10.2. The first kappa shape index (κ1) is 28.8. The van der Waals surface area contributed by atoms with Crippen LogP contribution in [0.2, 0.25) is 5.02 Å². The molecule has 8 nitrogen and oxygen atoms in total. The van der Waals surface area contributed by atoms with E-state index in [0.717, 1.165) is 42.7 Å². The van der Waals surface area contributed by atoms with Crippen molar-refractivity contribution >= 4 is 39.1 Å². The second-order valence-electron chi connectivity index (χ2n) is 9.35. The molecular weight excluding hydrogens is 514 g/mol. The molecule has 0 bridgehead atoms. The lowest BCUT2D eigenvalue weighted by Crippen LogP contribution is -2.54. The number of nitrogens with zero attached hydrogens (tertiary/aromatic N) is 2. The smallest absolute Gasteiger partial charge is 0.244 e. The summed E-state index contributed by atoms with van der Waals surface area (Å²) in [4.78, 5) is 28.7. The monoisotopic (exact) mass is 549 g/mol. The molecule has 10 heteroatoms. The minimum Gasteiger partial charge on any atom is -0.497 e. The molecule has 1 fully saturated rings. The minimum atomic E-state index is -3.82. The fourth-order valence-electron chi connectivity index (χ4n) is 4.65. The molecule has 2 aromatic carbocycles. The van der Waals surface area contributed by atoms with Gasteiger partial charge in [0.15, 0.2) is 0 Å². The lowest BCUT2D eigenvalue weighted by Gasteiger charge is -2.34. The highest BCUT2D eigenvalue weighted by atomic mass is 35.5. The predicted molar refractivity (Wildman–Crippen MR) is 146 cm³/mol. The maximum atomic E-state index is 13.8. The Morgan fingerprint density at radius 3 is 2.43 bits per heavy atom. The van der Waals surface area contributed by atoms with Crippen molar-refractivity contribution in [3.63, 3.8) is 0 Å². The second-order valence-corrected chi connectivity index (χ2v) is 11.7. The van der Waals surface area contributed by atoms with Crippen LogP contribution < -0.4 is 14.4 Å². The number of anilines is 1. The molecule has 0 radical (unpaired) electrons. The van der Waals surface area contributed by atoms with E-state index in [1.807, 2.05) is 13.0 Å². The number of hydrogen-bond acceptors (Lipinski definition) is 5. The molecule has 1 aliphatic carbocycles. The van der Waals surface area contributed by atoms with Crippen molar-refractivity contribution in [2.24, 2.45) is 0 Å². The van der Waals surface area contributed by atoms with Crippen molar-refractivity contribution in [1.82, 2.24) is 10.2 Å². The number of halogens is 1. The first-order chi connectivity index (χ1) is 17.6. The SMILES string of the molecule is CC[C@@H](C(=O)NC1CCCCC1)N(Cc1ccccc1Cl)C(=O)CN(c1cccc(OC)c1)S(C)(=O)=O. The molecule has 0 saturated heterocycles. The van der Waals surface area contributed by atoms with Crippen LogP contribution in [0.5, 0.6) is 5.75 Å². The third kappa shape index (κ3) is 7.85. The van der Waals surface area contributed by atoms with Gasteiger partial charge in [0.05, 0.1) is 19.1 Å². The number of carbonyl (C=O) groups is 2. The van der Waals surface area contributed by atoms with E-state index in [9.17, 15) is 18.0 Å². The van der Waals surface area contributed by atoms with E-state index in [-0.39, 0.29) is 18.5 Å². The molecule has 0 unspecified atom stereocenters. The molecule has 1 aliphatic rings. The van der Waals surface area contributed by atoms with Crippen LogP contribution in [-0.4, -0.2) is 57.1 Å². The van der Waals surface area contributed by atoms with Crippen LogP contribution in [0.3, 0.4) is 0 Å². The molecule has 1 atom stereocenters. The van der Waals surface area contributed by atoms with Gasteiger partial charge in [0, 0.05) is 23.7 Å². The zero-order valence-corrected chi connectivity index (χ0v) is 23.2. The van der Waals surface area contributed by atoms with Gasteiger partial charge in [-0.2, -0.15) is 0 Å². The quantitative estimate of drug-likeness (QED) is 0.449. The lowest BCUT2D eigenvalue weighted by atomic mass is 9.95. The molecule has 37 heavy (non-hydrogen) atoms. The molecule has 1 N–H and O–H groups in total. The van der Waals surface area contributed by atoms with E-state index in [0.29, 0.717) is 28.4 Å². The summed E-state index contributed by atoms with van der Waals surface area (Å²) in [6.45, 7) is 1.45. The van der Waals surface area contributed by atoms with Crippen LogP contribution >= 0.6 is 11.6 Å². The zero-order chi connectivity index (χ0) is 27.0. The molecule has 2 aromatic rings. The molecule has 0 spiro atoms. The van der Waals surface area contributed by atoms with Crippen LogP contribution in [0, 0.1) is 0 Å². The number of nitrogens with one attached hydrogen (secondary N) is 1. The van der Waals surface area contributed by atoms with Gasteiger partial charge in [0.25, 0.3) is 0 Å². The van der Waals surface area contributed by atoms with Gasteiger partial charge in [-0.05, 0) is 43.0 Å². The van der Waals surface area contributed by atoms with Gasteiger partial charge in [0.1, 0.15) is 18.3 Å². The third-order valence-corrected chi connectivity index (χ3v) is 8.17. The number of amides is 2. The van der Waals surface area contributed by atoms with E-state index in [1.165, 1.54) is 12.0 Å². The van der Waals surface area contributed by atoms with Crippen molar-refractivity contribution in [1.29, 1.82) is 0 Å². The van der Waals surface area contributed by atoms with Gasteiger partial charge in [0.2, 0.25) is 21.8 Å². The number of sulfonamides is 1. The van der Waals surface area contributed by atoms with Gasteiger partial charge in [-0.1, -0.05) is 62.1 Å². The van der Waals surface area contributed by atoms with Crippen LogP contribution in [0.15, 0.2) is 48.5 Å². The van der Waals surface area contributed by atoms with Crippen LogP contribution in [-0.2, 0) is 26.2 Å². The molecule has 0 aromatic heterocycles. The topological polar surface area (TPSA) is 96.0 Å². The maximum Gasteiger partial charge on any atom is 0.244 e. The summed E-state index contributed by atoms with van der Waals surface area (Å²) in [6, 6.07) is 12.9. The fraction of sp³-hybridized carbons (Fsp3) is 0.481. The first-order valence-electron chi connectivity index (χ1n) is 12.6. The number of benzene rings is 2. The van der Waals surface area contributed by atoms with Crippen LogP contribution in [0.4, 0.5) is 5.69 Å². The second kappa shape index (κ2) is 13.1. The Morgan fingerprint density at radius 2 is 1.81 bits per heavy atom. The summed E-state index contributed by atoms with van der Waals surface area (Å²) in [5.41, 5.74) is 0.973. The first-order valence-corrected chi connectivity index (χ1v) is 14.8. The van der Waals surface area contributed by atoms with Crippen LogP contribution in [0.1, 0.15) is 51.0 Å². The fourth-order valence-corrected chi connectivity index (χ4v) is 5.69. The molecular formula is C27H36ClN3O5S. The Morgan fingerprint density at radius 1 is 1.11 bits per heavy atom. The summed E-state index contributed by atoms with van der Waals surface area (Å²) < 4.78 is 31.8. The van der Waals surface area contributed by atoms with Crippen molar-refractivity contribution < 1.29 is 22.7 Å². The number of methoxy groups -OCH3 is 1. The normalized spacial score (nSPS) is 15.0. The number of ether oxygens (including phenoxy) is 1. The highest BCUT2D eigenvalue weighted by Gasteiger charge is 2.33. The van der Waals surface area contributed by atoms with E-state index >= 15 is 0 Å². The van der Waals surface area contributed by atoms with Crippen molar-refractivity contribution in [3.8, 4) is 5.75 Å². The molecule has 0 aliphatic heterocycles. The number of hydrogen-bond donors (Lipinski definition) is 1. The van der Waals surface area contributed by atoms with Gasteiger partial charge >= 0.3 is 0 Å². The average molecular weight is 550 g/mol. The highest BCUT2D eigenvalue weighted by Crippen LogP contribution is 2.25. The number of rotatable bonds is 11. The summed E-state index contributed by atoms with van der Waals surface area (Å²) >= 11 is 6.40. The largest absolute Gasteiger partial charge is 0.497 e. The Labute approximate surface area is 225 Å². The third-order valence-electron chi connectivity index (χ3n) is 6.66. The predicted octanol–water partition coefficient (Wildman–Crippen LogP) is 4.37. The molecule has 3 rings (SSSR count). The van der Waals surface area contributed by atoms with Gasteiger partial charge in [-0.3, -0.25) is 13.9 Å². The van der Waals surface area contributed by atoms with E-state index in [4.69, 9.17) is 16.3 Å². The summed E-state index contributed by atoms with van der Waals surface area (Å²) in [6.07, 6.45) is 6.53. The Balaban J connectivity index is 1.93. The molecule has 0 heterocycles. The van der Waals surface area contributed by atoms with Gasteiger partial charge < -0.3 is 15.0 Å². The Hall–Kier alpha value is -2.78. The van der Waals surface area contributed by atoms with Gasteiger partial charge in [-0.15, -0.1) is 0 Å². The van der Waals surface area contributed by atoms with Crippen molar-refractivity contribution in [2.45, 2.75) is 64.1 Å². The van der Waals surface area contributed by atoms with Crippen LogP contribution in [0.25, 0.3) is 0 Å². The maximum absolute atomic E-state index is 13.8. The number of carbonyl (C=O) groups excluding carboxylic acids is 2. The lowest BCUT2D eigenvalue weighted by molar-refractivity contribution is -0.140. The van der Waals surface area contributed by atoms with Gasteiger partial charge in [-0.25, -0.2) is 8.42 Å². The summed E-state index contributed by atoms with van der Waals surface area (Å²) in [5, 5.41) is 3.59. The average Bonchev–Trinajstić information content (AvgIpc) is 2.88. The van der Waals surface area contributed by atoms with E-state index in [2.05, 4.69) is 5.32 Å². The standard InChI is InChI=1S/C27H36ClN3O5S/c1-4-25(27(33)29-21-12-6-5-7-13-21)30(18-20-11-8-9-16-24(20)28)26(32)19-31(37(3,34)35)22-14-10-15-23(17-22)36-2/h8-11,14-17,21,25H,4-7,12-13,18-19H2,1-3H3,(H,29,33)/t25-/m0/s1. The van der Waals surface area contributed by atoms with Crippen molar-refractivity contribution in [2.75, 3.05) is 24.2 Å². The Bertz CT molecular complexity index is 1180.